The van der Waals surface area contributed by atoms with Gasteiger partial charge in [-0.2, -0.15) is 0 Å². The van der Waals surface area contributed by atoms with Crippen LogP contribution in [-0.4, -0.2) is 9.55 Å². The van der Waals surface area contributed by atoms with E-state index in [1.807, 2.05) is 12.5 Å². The monoisotopic (exact) mass is 199 g/mol. The zero-order valence-corrected chi connectivity index (χ0v) is 8.86. The molecule has 0 saturated heterocycles. The molecule has 0 aliphatic carbocycles. The van der Waals surface area contributed by atoms with E-state index >= 15 is 0 Å². The predicted octanol–water partition coefficient (Wildman–Crippen LogP) is 2.67. The van der Waals surface area contributed by atoms with Gasteiger partial charge in [0.2, 0.25) is 0 Å². The van der Waals surface area contributed by atoms with E-state index in [0.29, 0.717) is 6.04 Å². The summed E-state index contributed by atoms with van der Waals surface area (Å²) in [5, 5.41) is 3.47. The van der Waals surface area contributed by atoms with Crippen LogP contribution in [0, 0.1) is 6.92 Å². The molecule has 1 aliphatic heterocycles. The van der Waals surface area contributed by atoms with E-state index in [2.05, 4.69) is 46.9 Å². The van der Waals surface area contributed by atoms with Gasteiger partial charge in [0, 0.05) is 0 Å². The van der Waals surface area contributed by atoms with E-state index in [1.165, 1.54) is 22.6 Å². The number of benzene rings is 1. The maximum atomic E-state index is 4.21. The van der Waals surface area contributed by atoms with Crippen LogP contribution in [0.2, 0.25) is 0 Å². The van der Waals surface area contributed by atoms with Gasteiger partial charge in [-0.25, -0.2) is 4.98 Å². The van der Waals surface area contributed by atoms with Crippen molar-refractivity contribution in [1.29, 1.82) is 0 Å². The topological polar surface area (TPSA) is 29.9 Å². The maximum absolute atomic E-state index is 4.21. The van der Waals surface area contributed by atoms with E-state index in [0.717, 1.165) is 0 Å². The fraction of sp³-hybridized carbons (Fsp3) is 0.250. The second kappa shape index (κ2) is 2.86. The zero-order valence-electron chi connectivity index (χ0n) is 8.86. The molecule has 3 rings (SSSR count). The Kier molecular flexibility index (Phi) is 1.63. The molecule has 0 fully saturated rings. The summed E-state index contributed by atoms with van der Waals surface area (Å²) in [6, 6.07) is 6.76. The molecule has 2 aromatic rings. The highest BCUT2D eigenvalue weighted by Crippen LogP contribution is 2.32. The first kappa shape index (κ1) is 8.53. The van der Waals surface area contributed by atoms with Crippen molar-refractivity contribution in [2.75, 3.05) is 5.32 Å². The van der Waals surface area contributed by atoms with Crippen LogP contribution >= 0.6 is 0 Å². The Morgan fingerprint density at radius 3 is 3.13 bits per heavy atom. The normalized spacial score (nSPS) is 17.9. The molecule has 3 nitrogen and oxygen atoms in total. The highest BCUT2D eigenvalue weighted by Gasteiger charge is 2.20. The van der Waals surface area contributed by atoms with Gasteiger partial charge in [0.25, 0.3) is 0 Å². The van der Waals surface area contributed by atoms with Crippen molar-refractivity contribution in [2.45, 2.75) is 19.9 Å². The standard InChI is InChI=1S/C12H13N3/c1-8-3-4-10-11(5-8)15-7-13-6-12(15)9(2)14-10/h3-7,9,14H,1-2H3/t9-/m0/s1. The molecular formula is C12H13N3. The number of hydrogen-bond donors (Lipinski definition) is 1. The van der Waals surface area contributed by atoms with Crippen molar-refractivity contribution in [2.24, 2.45) is 0 Å². The molecule has 1 N–H and O–H groups in total. The Morgan fingerprint density at radius 1 is 1.40 bits per heavy atom. The Morgan fingerprint density at radius 2 is 2.27 bits per heavy atom. The van der Waals surface area contributed by atoms with Crippen LogP contribution in [-0.2, 0) is 0 Å². The molecule has 1 aromatic carbocycles. The van der Waals surface area contributed by atoms with E-state index in [9.17, 15) is 0 Å². The number of anilines is 1. The maximum Gasteiger partial charge on any atom is 0.0995 e. The van der Waals surface area contributed by atoms with Crippen molar-refractivity contribution in [3.8, 4) is 5.69 Å². The van der Waals surface area contributed by atoms with Gasteiger partial charge >= 0.3 is 0 Å². The summed E-state index contributed by atoms with van der Waals surface area (Å²) in [4.78, 5) is 4.21. The van der Waals surface area contributed by atoms with Crippen LogP contribution in [0.1, 0.15) is 24.2 Å². The van der Waals surface area contributed by atoms with E-state index < -0.39 is 0 Å². The summed E-state index contributed by atoms with van der Waals surface area (Å²) in [5.41, 5.74) is 4.86. The molecule has 1 atom stereocenters. The van der Waals surface area contributed by atoms with Crippen LogP contribution in [0.25, 0.3) is 5.69 Å². The van der Waals surface area contributed by atoms with Crippen molar-refractivity contribution in [1.82, 2.24) is 9.55 Å². The molecule has 3 heteroatoms. The first-order valence-electron chi connectivity index (χ1n) is 5.15. The van der Waals surface area contributed by atoms with Gasteiger partial charge in [-0.15, -0.1) is 0 Å². The molecule has 2 heterocycles. The van der Waals surface area contributed by atoms with E-state index in [-0.39, 0.29) is 0 Å². The van der Waals surface area contributed by atoms with Crippen molar-refractivity contribution >= 4 is 5.69 Å². The lowest BCUT2D eigenvalue weighted by Gasteiger charge is -2.26. The van der Waals surface area contributed by atoms with Crippen molar-refractivity contribution in [3.05, 3.63) is 42.0 Å². The third kappa shape index (κ3) is 1.16. The molecule has 76 valence electrons. The smallest absolute Gasteiger partial charge is 0.0995 e. The summed E-state index contributed by atoms with van der Waals surface area (Å²) in [7, 11) is 0. The van der Waals surface area contributed by atoms with Crippen LogP contribution in [0.15, 0.2) is 30.7 Å². The summed E-state index contributed by atoms with van der Waals surface area (Å²) in [5.74, 6) is 0. The molecule has 0 radical (unpaired) electrons. The van der Waals surface area contributed by atoms with E-state index in [1.54, 1.807) is 0 Å². The molecule has 0 amide bonds. The number of nitrogens with one attached hydrogen (secondary N) is 1. The van der Waals surface area contributed by atoms with Gasteiger partial charge in [0.1, 0.15) is 0 Å². The number of nitrogens with zero attached hydrogens (tertiary/aromatic N) is 2. The first-order chi connectivity index (χ1) is 7.25. The number of hydrogen-bond acceptors (Lipinski definition) is 2. The van der Waals surface area contributed by atoms with Crippen LogP contribution < -0.4 is 5.32 Å². The van der Waals surface area contributed by atoms with Gasteiger partial charge < -0.3 is 5.32 Å². The minimum Gasteiger partial charge on any atom is -0.375 e. The highest BCUT2D eigenvalue weighted by molar-refractivity contribution is 5.65. The Labute approximate surface area is 88.8 Å². The molecule has 1 aliphatic rings. The predicted molar refractivity (Wildman–Crippen MR) is 60.3 cm³/mol. The third-order valence-corrected chi connectivity index (χ3v) is 2.90. The minimum atomic E-state index is 0.322. The first-order valence-corrected chi connectivity index (χ1v) is 5.15. The average Bonchev–Trinajstić information content (AvgIpc) is 2.69. The number of aryl methyl sites for hydroxylation is 1. The lowest BCUT2D eigenvalue weighted by Crippen LogP contribution is -2.18. The molecule has 1 aromatic heterocycles. The lowest BCUT2D eigenvalue weighted by atomic mass is 10.1. The van der Waals surface area contributed by atoms with Gasteiger partial charge in [-0.3, -0.25) is 4.57 Å². The summed E-state index contributed by atoms with van der Waals surface area (Å²) >= 11 is 0. The number of fused-ring (bicyclic) bond motifs is 3. The second-order valence-electron chi connectivity index (χ2n) is 4.08. The molecule has 0 unspecified atom stereocenters. The quantitative estimate of drug-likeness (QED) is 0.707. The third-order valence-electron chi connectivity index (χ3n) is 2.90. The Bertz CT molecular complexity index is 513. The minimum absolute atomic E-state index is 0.322. The molecular weight excluding hydrogens is 186 g/mol. The second-order valence-corrected chi connectivity index (χ2v) is 4.08. The number of imidazole rings is 1. The molecule has 0 saturated carbocycles. The zero-order chi connectivity index (χ0) is 10.4. The van der Waals surface area contributed by atoms with Gasteiger partial charge in [-0.05, 0) is 31.5 Å². The fourth-order valence-corrected chi connectivity index (χ4v) is 2.10. The Balaban J connectivity index is 2.28. The van der Waals surface area contributed by atoms with E-state index in [4.69, 9.17) is 0 Å². The van der Waals surface area contributed by atoms with Crippen molar-refractivity contribution < 1.29 is 0 Å². The average molecular weight is 199 g/mol. The summed E-state index contributed by atoms with van der Waals surface area (Å²) < 4.78 is 2.16. The fourth-order valence-electron chi connectivity index (χ4n) is 2.10. The SMILES string of the molecule is Cc1ccc2c(c1)-n1cncc1[C@H](C)N2. The van der Waals surface area contributed by atoms with Crippen LogP contribution in [0.3, 0.4) is 0 Å². The van der Waals surface area contributed by atoms with Crippen LogP contribution in [0.5, 0.6) is 0 Å². The number of rotatable bonds is 0. The van der Waals surface area contributed by atoms with Gasteiger partial charge in [0.05, 0.1) is 35.6 Å². The van der Waals surface area contributed by atoms with Gasteiger partial charge in [-0.1, -0.05) is 6.07 Å². The molecule has 15 heavy (non-hydrogen) atoms. The molecule has 0 spiro atoms. The summed E-state index contributed by atoms with van der Waals surface area (Å²) in [6.45, 7) is 4.26. The highest BCUT2D eigenvalue weighted by atomic mass is 15.1. The van der Waals surface area contributed by atoms with Crippen molar-refractivity contribution in [3.63, 3.8) is 0 Å². The molecule has 0 bridgehead atoms. The van der Waals surface area contributed by atoms with Gasteiger partial charge in [0.15, 0.2) is 0 Å². The largest absolute Gasteiger partial charge is 0.375 e. The van der Waals surface area contributed by atoms with Crippen LogP contribution in [0.4, 0.5) is 5.69 Å². The summed E-state index contributed by atoms with van der Waals surface area (Å²) in [6.07, 6.45) is 3.80. The number of aromatic nitrogens is 2. The lowest BCUT2D eigenvalue weighted by molar-refractivity contribution is 0.773. The Hall–Kier alpha value is -1.77.